The number of carbonyl (C=O) groups excluding carboxylic acids is 1. The minimum absolute atomic E-state index is 0.0289. The fourth-order valence-corrected chi connectivity index (χ4v) is 2.50. The second-order valence-electron chi connectivity index (χ2n) is 5.98. The number of aryl methyl sites for hydroxylation is 1. The Labute approximate surface area is 159 Å². The largest absolute Gasteiger partial charge is 0.504 e. The van der Waals surface area contributed by atoms with Gasteiger partial charge in [-0.2, -0.15) is 5.26 Å². The Morgan fingerprint density at radius 2 is 2.11 bits per heavy atom. The first-order chi connectivity index (χ1) is 13.0. The van der Waals surface area contributed by atoms with Gasteiger partial charge in [0.1, 0.15) is 11.6 Å². The van der Waals surface area contributed by atoms with Crippen LogP contribution >= 0.6 is 0 Å². The number of aromatic hydroxyl groups is 1. The van der Waals surface area contributed by atoms with E-state index in [-0.39, 0.29) is 11.3 Å². The number of phenolic OH excluding ortho intramolecular Hbond substituents is 1. The minimum atomic E-state index is -0.405. The van der Waals surface area contributed by atoms with E-state index >= 15 is 0 Å². The lowest BCUT2D eigenvalue weighted by atomic mass is 10.1. The van der Waals surface area contributed by atoms with Gasteiger partial charge in [-0.15, -0.1) is 0 Å². The Morgan fingerprint density at radius 3 is 2.81 bits per heavy atom. The third-order valence-electron chi connectivity index (χ3n) is 3.90. The number of nitriles is 1. The van der Waals surface area contributed by atoms with Gasteiger partial charge in [-0.05, 0) is 42.7 Å². The summed E-state index contributed by atoms with van der Waals surface area (Å²) < 4.78 is 5.04. The summed E-state index contributed by atoms with van der Waals surface area (Å²) in [5.74, 6) is 0.00418. The number of amides is 1. The lowest BCUT2D eigenvalue weighted by Crippen LogP contribution is -2.26. The highest BCUT2D eigenvalue weighted by Crippen LogP contribution is 2.26. The van der Waals surface area contributed by atoms with E-state index in [0.717, 1.165) is 11.1 Å². The number of rotatable bonds is 7. The van der Waals surface area contributed by atoms with Crippen LogP contribution in [0.3, 0.4) is 0 Å². The van der Waals surface area contributed by atoms with E-state index in [4.69, 9.17) is 4.74 Å². The molecule has 0 aromatic heterocycles. The average Bonchev–Trinajstić information content (AvgIpc) is 2.66. The molecule has 0 aliphatic heterocycles. The minimum Gasteiger partial charge on any atom is -0.504 e. The Morgan fingerprint density at radius 1 is 1.30 bits per heavy atom. The highest BCUT2D eigenvalue weighted by Gasteiger charge is 2.07. The van der Waals surface area contributed by atoms with Crippen molar-refractivity contribution >= 4 is 12.0 Å². The van der Waals surface area contributed by atoms with Gasteiger partial charge in [-0.3, -0.25) is 4.79 Å². The average molecular weight is 362 g/mol. The number of nitrogens with zero attached hydrogens (tertiary/aromatic N) is 1. The van der Waals surface area contributed by atoms with Crippen molar-refractivity contribution in [3.8, 4) is 17.6 Å². The number of hydrogen-bond acceptors (Lipinski definition) is 4. The summed E-state index contributed by atoms with van der Waals surface area (Å²) >= 11 is 0. The van der Waals surface area contributed by atoms with Crippen molar-refractivity contribution in [2.45, 2.75) is 13.3 Å². The number of allylic oxidation sites excluding steroid dienone is 2. The second-order valence-corrected chi connectivity index (χ2v) is 5.98. The van der Waals surface area contributed by atoms with Crippen molar-refractivity contribution in [3.63, 3.8) is 0 Å². The summed E-state index contributed by atoms with van der Waals surface area (Å²) in [6.07, 6.45) is 5.50. The van der Waals surface area contributed by atoms with Gasteiger partial charge in [0.2, 0.25) is 0 Å². The molecule has 2 aromatic carbocycles. The molecule has 0 spiro atoms. The van der Waals surface area contributed by atoms with Gasteiger partial charge in [0, 0.05) is 6.54 Å². The molecule has 0 atom stereocenters. The summed E-state index contributed by atoms with van der Waals surface area (Å²) in [5.41, 5.74) is 3.12. The zero-order chi connectivity index (χ0) is 19.6. The first-order valence-electron chi connectivity index (χ1n) is 8.52. The molecule has 5 nitrogen and oxygen atoms in total. The van der Waals surface area contributed by atoms with E-state index in [1.54, 1.807) is 24.3 Å². The van der Waals surface area contributed by atoms with Crippen LogP contribution in [0.1, 0.15) is 16.7 Å². The summed E-state index contributed by atoms with van der Waals surface area (Å²) in [5, 5.41) is 21.5. The maximum atomic E-state index is 12.1. The zero-order valence-corrected chi connectivity index (χ0v) is 15.4. The molecular formula is C22H22N2O3. The molecule has 5 heteroatoms. The van der Waals surface area contributed by atoms with Gasteiger partial charge in [-0.25, -0.2) is 0 Å². The van der Waals surface area contributed by atoms with Gasteiger partial charge < -0.3 is 15.2 Å². The van der Waals surface area contributed by atoms with Gasteiger partial charge in [0.05, 0.1) is 7.11 Å². The molecule has 0 heterocycles. The quantitative estimate of drug-likeness (QED) is 0.448. The summed E-state index contributed by atoms with van der Waals surface area (Å²) in [6.45, 7) is 2.48. The van der Waals surface area contributed by atoms with Crippen LogP contribution in [0.15, 0.2) is 60.2 Å². The molecule has 1 amide bonds. The van der Waals surface area contributed by atoms with E-state index in [1.165, 1.54) is 24.8 Å². The van der Waals surface area contributed by atoms with E-state index < -0.39 is 5.91 Å². The van der Waals surface area contributed by atoms with Crippen LogP contribution in [0.25, 0.3) is 6.08 Å². The number of methoxy groups -OCH3 is 1. The molecule has 2 rings (SSSR count). The summed E-state index contributed by atoms with van der Waals surface area (Å²) in [4.78, 5) is 12.1. The number of hydrogen-bond donors (Lipinski definition) is 2. The molecule has 2 aromatic rings. The van der Waals surface area contributed by atoms with Gasteiger partial charge in [0.15, 0.2) is 11.5 Å². The molecular weight excluding hydrogens is 340 g/mol. The van der Waals surface area contributed by atoms with Gasteiger partial charge in [0.25, 0.3) is 5.91 Å². The standard InChI is InChI=1S/C22H22N2O3/c1-16-5-3-6-18(13-16)11-12-24-22(26)19(15-23)8-4-7-17-9-10-20(25)21(14-17)27-2/h3-10,13-14,25H,11-12H2,1-2H3,(H,24,26)/b7-4+,19-8+. The zero-order valence-electron chi connectivity index (χ0n) is 15.4. The number of benzene rings is 2. The Hall–Kier alpha value is -3.52. The van der Waals surface area contributed by atoms with Gasteiger partial charge in [-0.1, -0.05) is 48.0 Å². The highest BCUT2D eigenvalue weighted by molar-refractivity contribution is 5.97. The Balaban J connectivity index is 1.94. The fourth-order valence-electron chi connectivity index (χ4n) is 2.50. The molecule has 0 unspecified atom stereocenters. The predicted octanol–water partition coefficient (Wildman–Crippen LogP) is 3.53. The van der Waals surface area contributed by atoms with Crippen LogP contribution in [-0.4, -0.2) is 24.7 Å². The normalized spacial score (nSPS) is 11.2. The molecule has 0 saturated carbocycles. The van der Waals surface area contributed by atoms with Crippen LogP contribution in [0.2, 0.25) is 0 Å². The Kier molecular flexibility index (Phi) is 7.21. The van der Waals surface area contributed by atoms with E-state index in [0.29, 0.717) is 18.7 Å². The third-order valence-corrected chi connectivity index (χ3v) is 3.90. The van der Waals surface area contributed by atoms with Crippen molar-refractivity contribution in [1.29, 1.82) is 5.26 Å². The molecule has 0 radical (unpaired) electrons. The molecule has 0 aliphatic carbocycles. The van der Waals surface area contributed by atoms with Crippen LogP contribution in [0.5, 0.6) is 11.5 Å². The lowest BCUT2D eigenvalue weighted by Gasteiger charge is -2.05. The van der Waals surface area contributed by atoms with Crippen molar-refractivity contribution in [1.82, 2.24) is 5.32 Å². The first kappa shape index (κ1) is 19.8. The SMILES string of the molecule is COc1cc(/C=C/C=C(\C#N)C(=O)NCCc2cccc(C)c2)ccc1O. The molecule has 27 heavy (non-hydrogen) atoms. The molecule has 0 fully saturated rings. The van der Waals surface area contributed by atoms with E-state index in [9.17, 15) is 15.2 Å². The van der Waals surface area contributed by atoms with Gasteiger partial charge >= 0.3 is 0 Å². The number of carbonyl (C=O) groups is 1. The van der Waals surface area contributed by atoms with Crippen LogP contribution in [0, 0.1) is 18.3 Å². The number of phenols is 1. The molecule has 2 N–H and O–H groups in total. The van der Waals surface area contributed by atoms with E-state index in [2.05, 4.69) is 11.4 Å². The highest BCUT2D eigenvalue weighted by atomic mass is 16.5. The number of nitrogens with one attached hydrogen (secondary N) is 1. The third kappa shape index (κ3) is 6.05. The van der Waals surface area contributed by atoms with Crippen molar-refractivity contribution < 1.29 is 14.6 Å². The molecule has 0 saturated heterocycles. The molecule has 0 aliphatic rings. The maximum absolute atomic E-state index is 12.1. The molecule has 0 bridgehead atoms. The predicted molar refractivity (Wildman–Crippen MR) is 105 cm³/mol. The number of ether oxygens (including phenoxy) is 1. The Bertz CT molecular complexity index is 908. The summed E-state index contributed by atoms with van der Waals surface area (Å²) in [6, 6.07) is 14.9. The molecule has 138 valence electrons. The van der Waals surface area contributed by atoms with Crippen molar-refractivity contribution in [3.05, 3.63) is 76.9 Å². The van der Waals surface area contributed by atoms with Crippen molar-refractivity contribution in [2.75, 3.05) is 13.7 Å². The van der Waals surface area contributed by atoms with E-state index in [1.807, 2.05) is 31.2 Å². The summed E-state index contributed by atoms with van der Waals surface area (Å²) in [7, 11) is 1.47. The van der Waals surface area contributed by atoms with Crippen LogP contribution < -0.4 is 10.1 Å². The van der Waals surface area contributed by atoms with Crippen molar-refractivity contribution in [2.24, 2.45) is 0 Å². The fraction of sp³-hybridized carbons (Fsp3) is 0.182. The maximum Gasteiger partial charge on any atom is 0.261 e. The smallest absolute Gasteiger partial charge is 0.261 e. The first-order valence-corrected chi connectivity index (χ1v) is 8.52. The lowest BCUT2D eigenvalue weighted by molar-refractivity contribution is -0.117. The monoisotopic (exact) mass is 362 g/mol. The van der Waals surface area contributed by atoms with Crippen LogP contribution in [-0.2, 0) is 11.2 Å². The van der Waals surface area contributed by atoms with Crippen LogP contribution in [0.4, 0.5) is 0 Å². The second kappa shape index (κ2) is 9.83. The topological polar surface area (TPSA) is 82.3 Å².